The zero-order valence-corrected chi connectivity index (χ0v) is 18.3. The first-order valence-electron chi connectivity index (χ1n) is 10.9. The molecule has 34 heavy (non-hydrogen) atoms. The van der Waals surface area contributed by atoms with Crippen molar-refractivity contribution in [3.8, 4) is 11.3 Å². The fourth-order valence-electron chi connectivity index (χ4n) is 4.59. The van der Waals surface area contributed by atoms with E-state index in [0.717, 1.165) is 17.7 Å². The lowest BCUT2D eigenvalue weighted by Gasteiger charge is -2.36. The van der Waals surface area contributed by atoms with Gasteiger partial charge >= 0.3 is 0 Å². The number of halogens is 4. The van der Waals surface area contributed by atoms with Gasteiger partial charge in [0.15, 0.2) is 17.4 Å². The zero-order chi connectivity index (χ0) is 24.6. The largest absolute Gasteiger partial charge is 0.391 e. The zero-order valence-electron chi connectivity index (χ0n) is 18.3. The van der Waals surface area contributed by atoms with Gasteiger partial charge in [-0.3, -0.25) is 9.78 Å². The maximum atomic E-state index is 14.4. The number of nitrogens with zero attached hydrogens (tertiary/aromatic N) is 2. The van der Waals surface area contributed by atoms with Crippen LogP contribution in [-0.4, -0.2) is 33.0 Å². The minimum Gasteiger partial charge on any atom is -0.391 e. The molecule has 0 bridgehead atoms. The third kappa shape index (κ3) is 4.58. The summed E-state index contributed by atoms with van der Waals surface area (Å²) < 4.78 is 56.4. The molecule has 1 fully saturated rings. The molecular weight excluding hydrogens is 450 g/mol. The van der Waals surface area contributed by atoms with Gasteiger partial charge in [-0.2, -0.15) is 0 Å². The molecule has 1 aliphatic rings. The van der Waals surface area contributed by atoms with E-state index in [2.05, 4.69) is 9.97 Å². The Kier molecular flexibility index (Phi) is 6.77. The Balaban J connectivity index is 1.65. The summed E-state index contributed by atoms with van der Waals surface area (Å²) in [6, 6.07) is 4.63. The van der Waals surface area contributed by atoms with Gasteiger partial charge in [0, 0.05) is 24.9 Å². The van der Waals surface area contributed by atoms with E-state index < -0.39 is 52.5 Å². The van der Waals surface area contributed by atoms with Crippen molar-refractivity contribution in [1.82, 2.24) is 9.97 Å². The summed E-state index contributed by atoms with van der Waals surface area (Å²) >= 11 is 0. The summed E-state index contributed by atoms with van der Waals surface area (Å²) in [6.45, 7) is 1.91. The van der Waals surface area contributed by atoms with Gasteiger partial charge in [-0.1, -0.05) is 6.92 Å². The molecular formula is C25H23F4N3O2. The third-order valence-electron chi connectivity index (χ3n) is 6.38. The van der Waals surface area contributed by atoms with Crippen LogP contribution in [-0.2, 0) is 6.42 Å². The maximum absolute atomic E-state index is 14.4. The number of carbonyl (C=O) groups is 1. The van der Waals surface area contributed by atoms with Gasteiger partial charge in [-0.15, -0.1) is 0 Å². The molecule has 1 saturated carbocycles. The topological polar surface area (TPSA) is 89.1 Å². The van der Waals surface area contributed by atoms with Crippen LogP contribution in [0.25, 0.3) is 11.3 Å². The Morgan fingerprint density at radius 1 is 1.06 bits per heavy atom. The van der Waals surface area contributed by atoms with Crippen molar-refractivity contribution in [2.45, 2.75) is 44.2 Å². The molecule has 4 atom stereocenters. The molecule has 1 aliphatic carbocycles. The molecule has 5 nitrogen and oxygen atoms in total. The second-order valence-corrected chi connectivity index (χ2v) is 8.72. The highest BCUT2D eigenvalue weighted by molar-refractivity contribution is 5.96. The molecule has 2 heterocycles. The molecule has 4 rings (SSSR count). The summed E-state index contributed by atoms with van der Waals surface area (Å²) in [7, 11) is 0. The van der Waals surface area contributed by atoms with Gasteiger partial charge in [-0.05, 0) is 66.1 Å². The molecule has 3 aromatic rings. The molecule has 0 aliphatic heterocycles. The number of aliphatic hydroxyl groups excluding tert-OH is 1. The molecule has 0 radical (unpaired) electrons. The van der Waals surface area contributed by atoms with Crippen molar-refractivity contribution < 1.29 is 27.5 Å². The van der Waals surface area contributed by atoms with E-state index in [1.165, 1.54) is 0 Å². The second kappa shape index (κ2) is 9.60. The summed E-state index contributed by atoms with van der Waals surface area (Å²) in [5.74, 6) is -5.79. The molecule has 0 saturated heterocycles. The van der Waals surface area contributed by atoms with Crippen molar-refractivity contribution in [1.29, 1.82) is 0 Å². The average molecular weight is 473 g/mol. The minimum absolute atomic E-state index is 0.00595. The van der Waals surface area contributed by atoms with Crippen molar-refractivity contribution in [3.63, 3.8) is 0 Å². The molecule has 178 valence electrons. The van der Waals surface area contributed by atoms with Gasteiger partial charge in [0.2, 0.25) is 0 Å². The van der Waals surface area contributed by atoms with Gasteiger partial charge in [0.05, 0.1) is 11.7 Å². The number of hydrogen-bond donors (Lipinski definition) is 2. The summed E-state index contributed by atoms with van der Waals surface area (Å²) in [4.78, 5) is 21.0. The highest BCUT2D eigenvalue weighted by Gasteiger charge is 2.34. The number of Topliss-reactive ketones (excluding diaryl/α,β-unsaturated/α-hetero) is 1. The number of pyridine rings is 2. The molecule has 0 amide bonds. The van der Waals surface area contributed by atoms with Crippen LogP contribution in [0.2, 0.25) is 0 Å². The Hall–Kier alpha value is -3.17. The van der Waals surface area contributed by atoms with E-state index in [1.54, 1.807) is 18.5 Å². The summed E-state index contributed by atoms with van der Waals surface area (Å²) in [5, 5.41) is 10.2. The number of aromatic nitrogens is 2. The van der Waals surface area contributed by atoms with Crippen LogP contribution in [0.5, 0.6) is 0 Å². The SMILES string of the molecule is C[C@H]1C[C@@H](c2ccncc2CC(=O)c2ccc(F)c(-c3c(F)ccc(F)c3F)n2)C[C@@H](N)[C@@H]1O. The van der Waals surface area contributed by atoms with Crippen LogP contribution < -0.4 is 5.73 Å². The average Bonchev–Trinajstić information content (AvgIpc) is 2.81. The fraction of sp³-hybridized carbons (Fsp3) is 0.320. The number of carbonyl (C=O) groups excluding carboxylic acids is 1. The highest BCUT2D eigenvalue weighted by Crippen LogP contribution is 2.37. The molecule has 3 N–H and O–H groups in total. The van der Waals surface area contributed by atoms with E-state index in [0.29, 0.717) is 30.5 Å². The standard InChI is InChI=1S/C25H23F4N3O2/c1-12-8-13(9-19(30)25(12)34)15-6-7-31-11-14(15)10-21(33)20-5-4-18(28)24(32-20)22-16(26)2-3-17(27)23(22)29/h2-7,11-13,19,25,34H,8-10,30H2,1H3/t12-,13+,19+,25+/m0/s1. The Morgan fingerprint density at radius 2 is 1.76 bits per heavy atom. The predicted molar refractivity (Wildman–Crippen MR) is 117 cm³/mol. The molecule has 0 unspecified atom stereocenters. The van der Waals surface area contributed by atoms with Crippen molar-refractivity contribution >= 4 is 5.78 Å². The monoisotopic (exact) mass is 473 g/mol. The van der Waals surface area contributed by atoms with Crippen LogP contribution in [0, 0.1) is 29.2 Å². The number of nitrogens with two attached hydrogens (primary N) is 1. The van der Waals surface area contributed by atoms with Gasteiger partial charge in [-0.25, -0.2) is 22.5 Å². The third-order valence-corrected chi connectivity index (χ3v) is 6.38. The number of benzene rings is 1. The second-order valence-electron chi connectivity index (χ2n) is 8.72. The van der Waals surface area contributed by atoms with E-state index in [9.17, 15) is 27.5 Å². The number of ketones is 1. The van der Waals surface area contributed by atoms with Crippen LogP contribution in [0.4, 0.5) is 17.6 Å². The lowest BCUT2D eigenvalue weighted by Crippen LogP contribution is -2.44. The fourth-order valence-corrected chi connectivity index (χ4v) is 4.59. The van der Waals surface area contributed by atoms with Crippen LogP contribution in [0.1, 0.15) is 47.3 Å². The van der Waals surface area contributed by atoms with Crippen molar-refractivity contribution in [3.05, 3.63) is 82.8 Å². The van der Waals surface area contributed by atoms with E-state index in [1.807, 2.05) is 6.92 Å². The first-order valence-corrected chi connectivity index (χ1v) is 10.9. The van der Waals surface area contributed by atoms with Gasteiger partial charge in [0.1, 0.15) is 23.0 Å². The lowest BCUT2D eigenvalue weighted by atomic mass is 9.74. The molecule has 2 aromatic heterocycles. The Bertz CT molecular complexity index is 1220. The van der Waals surface area contributed by atoms with E-state index in [-0.39, 0.29) is 24.0 Å². The molecule has 0 spiro atoms. The number of hydrogen-bond acceptors (Lipinski definition) is 5. The minimum atomic E-state index is -1.59. The Labute approximate surface area is 193 Å². The molecule has 9 heteroatoms. The van der Waals surface area contributed by atoms with Crippen LogP contribution in [0.15, 0.2) is 42.7 Å². The van der Waals surface area contributed by atoms with Gasteiger partial charge < -0.3 is 10.8 Å². The summed E-state index contributed by atoms with van der Waals surface area (Å²) in [5.41, 5.74) is 5.59. The smallest absolute Gasteiger partial charge is 0.185 e. The predicted octanol–water partition coefficient (Wildman–Crippen LogP) is 4.33. The van der Waals surface area contributed by atoms with Crippen molar-refractivity contribution in [2.75, 3.05) is 0 Å². The Morgan fingerprint density at radius 3 is 2.50 bits per heavy atom. The van der Waals surface area contributed by atoms with Crippen LogP contribution in [0.3, 0.4) is 0 Å². The number of aliphatic hydroxyl groups is 1. The first kappa shape index (κ1) is 24.0. The van der Waals surface area contributed by atoms with E-state index in [4.69, 9.17) is 5.73 Å². The van der Waals surface area contributed by atoms with Crippen LogP contribution >= 0.6 is 0 Å². The normalized spacial score (nSPS) is 22.6. The van der Waals surface area contributed by atoms with Crippen molar-refractivity contribution in [2.24, 2.45) is 11.7 Å². The van der Waals surface area contributed by atoms with E-state index >= 15 is 0 Å². The quantitative estimate of drug-likeness (QED) is 0.327. The highest BCUT2D eigenvalue weighted by atomic mass is 19.2. The lowest BCUT2D eigenvalue weighted by molar-refractivity contribution is 0.0519. The molecule has 1 aromatic carbocycles. The number of rotatable bonds is 5. The first-order chi connectivity index (χ1) is 16.2. The van der Waals surface area contributed by atoms with Gasteiger partial charge in [0.25, 0.3) is 0 Å². The maximum Gasteiger partial charge on any atom is 0.185 e. The summed E-state index contributed by atoms with van der Waals surface area (Å²) in [6.07, 6.45) is 3.62.